The van der Waals surface area contributed by atoms with E-state index >= 15 is 0 Å². The molecule has 8 heteroatoms. The van der Waals surface area contributed by atoms with Gasteiger partial charge in [0.25, 0.3) is 6.43 Å². The molecular formula is C11H13F5N2O. The molecule has 108 valence electrons. The predicted octanol–water partition coefficient (Wildman–Crippen LogP) is 2.35. The molecule has 0 saturated heterocycles. The van der Waals surface area contributed by atoms with E-state index in [-0.39, 0.29) is 17.9 Å². The third kappa shape index (κ3) is 4.23. The largest absolute Gasteiger partial charge is 0.416 e. The minimum absolute atomic E-state index is 0.0438. The van der Waals surface area contributed by atoms with Crippen LogP contribution in [0.1, 0.15) is 5.56 Å². The summed E-state index contributed by atoms with van der Waals surface area (Å²) in [4.78, 5) is 1.04. The van der Waals surface area contributed by atoms with E-state index < -0.39 is 31.3 Å². The van der Waals surface area contributed by atoms with Crippen molar-refractivity contribution in [2.24, 2.45) is 0 Å². The highest BCUT2D eigenvalue weighted by atomic mass is 19.4. The number of halogens is 5. The summed E-state index contributed by atoms with van der Waals surface area (Å²) in [6.45, 7) is -1.26. The molecule has 0 bridgehead atoms. The topological polar surface area (TPSA) is 49.5 Å². The Kier molecular flexibility index (Phi) is 4.93. The third-order valence-electron chi connectivity index (χ3n) is 2.42. The monoisotopic (exact) mass is 284 g/mol. The Morgan fingerprint density at radius 2 is 1.89 bits per heavy atom. The minimum atomic E-state index is -4.54. The van der Waals surface area contributed by atoms with Crippen LogP contribution in [0.25, 0.3) is 0 Å². The molecule has 1 rings (SSSR count). The molecule has 1 aromatic carbocycles. The first-order valence-corrected chi connectivity index (χ1v) is 5.36. The van der Waals surface area contributed by atoms with Crippen LogP contribution in [0.15, 0.2) is 18.2 Å². The summed E-state index contributed by atoms with van der Waals surface area (Å²) in [7, 11) is 0. The number of nitrogens with zero attached hydrogens (tertiary/aromatic N) is 1. The Morgan fingerprint density at radius 3 is 2.32 bits per heavy atom. The highest BCUT2D eigenvalue weighted by Gasteiger charge is 2.31. The van der Waals surface area contributed by atoms with Crippen molar-refractivity contribution in [3.05, 3.63) is 23.8 Å². The molecule has 0 spiro atoms. The number of rotatable bonds is 5. The smallest absolute Gasteiger partial charge is 0.397 e. The molecule has 0 atom stereocenters. The Labute approximate surface area is 106 Å². The van der Waals surface area contributed by atoms with E-state index in [0.717, 1.165) is 17.0 Å². The number of aliphatic hydroxyl groups is 1. The Balaban J connectivity index is 3.04. The van der Waals surface area contributed by atoms with Gasteiger partial charge in [-0.05, 0) is 18.2 Å². The fourth-order valence-corrected chi connectivity index (χ4v) is 1.62. The molecular weight excluding hydrogens is 271 g/mol. The van der Waals surface area contributed by atoms with Gasteiger partial charge in [-0.15, -0.1) is 0 Å². The van der Waals surface area contributed by atoms with Gasteiger partial charge in [0.2, 0.25) is 0 Å². The lowest BCUT2D eigenvalue weighted by molar-refractivity contribution is -0.137. The predicted molar refractivity (Wildman–Crippen MR) is 61.2 cm³/mol. The second-order valence-electron chi connectivity index (χ2n) is 3.83. The van der Waals surface area contributed by atoms with Crippen LogP contribution in [0, 0.1) is 0 Å². The van der Waals surface area contributed by atoms with Crippen molar-refractivity contribution in [1.82, 2.24) is 0 Å². The molecule has 3 N–H and O–H groups in total. The lowest BCUT2D eigenvalue weighted by atomic mass is 10.1. The second kappa shape index (κ2) is 6.05. The maximum Gasteiger partial charge on any atom is 0.416 e. The van der Waals surface area contributed by atoms with Gasteiger partial charge in [-0.25, -0.2) is 8.78 Å². The number of alkyl halides is 5. The Hall–Kier alpha value is -1.57. The highest BCUT2D eigenvalue weighted by molar-refractivity contribution is 5.68. The number of nitrogen functional groups attached to an aromatic ring is 1. The van der Waals surface area contributed by atoms with Crippen LogP contribution in [0.4, 0.5) is 33.3 Å². The summed E-state index contributed by atoms with van der Waals surface area (Å²) < 4.78 is 62.0. The van der Waals surface area contributed by atoms with Gasteiger partial charge in [-0.1, -0.05) is 0 Å². The lowest BCUT2D eigenvalue weighted by Crippen LogP contribution is -2.32. The summed E-state index contributed by atoms with van der Waals surface area (Å²) in [5, 5.41) is 8.78. The van der Waals surface area contributed by atoms with Crippen molar-refractivity contribution in [3.63, 3.8) is 0 Å². The quantitative estimate of drug-likeness (QED) is 0.644. The molecule has 0 aliphatic heterocycles. The van der Waals surface area contributed by atoms with Crippen LogP contribution in [0.2, 0.25) is 0 Å². The molecule has 0 aliphatic carbocycles. The number of hydrogen-bond acceptors (Lipinski definition) is 3. The van der Waals surface area contributed by atoms with Gasteiger partial charge in [-0.3, -0.25) is 0 Å². The molecule has 0 heterocycles. The van der Waals surface area contributed by atoms with Crippen LogP contribution >= 0.6 is 0 Å². The van der Waals surface area contributed by atoms with E-state index in [9.17, 15) is 22.0 Å². The zero-order valence-corrected chi connectivity index (χ0v) is 9.79. The average Bonchev–Trinajstić information content (AvgIpc) is 2.26. The number of anilines is 2. The first-order chi connectivity index (χ1) is 8.75. The Morgan fingerprint density at radius 1 is 1.26 bits per heavy atom. The van der Waals surface area contributed by atoms with Gasteiger partial charge in [0.1, 0.15) is 0 Å². The van der Waals surface area contributed by atoms with E-state index in [2.05, 4.69) is 0 Å². The molecule has 19 heavy (non-hydrogen) atoms. The Bertz CT molecular complexity index is 422. The highest BCUT2D eigenvalue weighted by Crippen LogP contribution is 2.34. The minimum Gasteiger partial charge on any atom is -0.397 e. The van der Waals surface area contributed by atoms with E-state index in [1.54, 1.807) is 0 Å². The average molecular weight is 284 g/mol. The number of aliphatic hydroxyl groups excluding tert-OH is 1. The molecule has 0 aliphatic rings. The molecule has 1 aromatic rings. The summed E-state index contributed by atoms with van der Waals surface area (Å²) >= 11 is 0. The SMILES string of the molecule is Nc1cc(C(F)(F)F)ccc1N(CCO)CC(F)F. The molecule has 0 saturated carbocycles. The second-order valence-corrected chi connectivity index (χ2v) is 3.83. The van der Waals surface area contributed by atoms with Crippen LogP contribution in [-0.2, 0) is 6.18 Å². The molecule has 0 amide bonds. The van der Waals surface area contributed by atoms with Gasteiger partial charge in [0.05, 0.1) is 30.1 Å². The van der Waals surface area contributed by atoms with Gasteiger partial charge in [0.15, 0.2) is 0 Å². The van der Waals surface area contributed by atoms with Gasteiger partial charge in [-0.2, -0.15) is 13.2 Å². The molecule has 0 unspecified atom stereocenters. The first-order valence-electron chi connectivity index (χ1n) is 5.36. The normalized spacial score (nSPS) is 11.9. The maximum atomic E-state index is 12.4. The van der Waals surface area contributed by atoms with Gasteiger partial charge >= 0.3 is 6.18 Å². The lowest BCUT2D eigenvalue weighted by Gasteiger charge is -2.25. The van der Waals surface area contributed by atoms with Crippen LogP contribution in [-0.4, -0.2) is 31.2 Å². The number of nitrogens with two attached hydrogens (primary N) is 1. The zero-order chi connectivity index (χ0) is 14.6. The van der Waals surface area contributed by atoms with Crippen molar-refractivity contribution in [1.29, 1.82) is 0 Å². The first kappa shape index (κ1) is 15.5. The van der Waals surface area contributed by atoms with Crippen LogP contribution in [0.3, 0.4) is 0 Å². The molecule has 0 fully saturated rings. The van der Waals surface area contributed by atoms with Crippen molar-refractivity contribution < 1.29 is 27.1 Å². The van der Waals surface area contributed by atoms with Crippen molar-refractivity contribution >= 4 is 11.4 Å². The van der Waals surface area contributed by atoms with Crippen molar-refractivity contribution in [3.8, 4) is 0 Å². The summed E-state index contributed by atoms with van der Waals surface area (Å²) in [6.07, 6.45) is -7.23. The molecule has 3 nitrogen and oxygen atoms in total. The van der Waals surface area contributed by atoms with Gasteiger partial charge < -0.3 is 15.7 Å². The summed E-state index contributed by atoms with van der Waals surface area (Å²) in [5.74, 6) is 0. The fourth-order valence-electron chi connectivity index (χ4n) is 1.62. The molecule has 0 aromatic heterocycles. The molecule has 0 radical (unpaired) electrons. The zero-order valence-electron chi connectivity index (χ0n) is 9.79. The van der Waals surface area contributed by atoms with E-state index in [1.165, 1.54) is 0 Å². The van der Waals surface area contributed by atoms with E-state index in [4.69, 9.17) is 10.8 Å². The summed E-state index contributed by atoms with van der Waals surface area (Å²) in [5.41, 5.74) is 4.29. The van der Waals surface area contributed by atoms with Crippen molar-refractivity contribution in [2.45, 2.75) is 12.6 Å². The van der Waals surface area contributed by atoms with Crippen LogP contribution < -0.4 is 10.6 Å². The standard InChI is InChI=1S/C11H13F5N2O/c12-10(13)6-18(3-4-19)9-2-1-7(5-8(9)17)11(14,15)16/h1-2,5,10,19H,3-4,6,17H2. The van der Waals surface area contributed by atoms with Gasteiger partial charge in [0, 0.05) is 6.54 Å². The number of hydrogen-bond donors (Lipinski definition) is 2. The van der Waals surface area contributed by atoms with E-state index in [0.29, 0.717) is 6.07 Å². The van der Waals surface area contributed by atoms with E-state index in [1.807, 2.05) is 0 Å². The number of benzene rings is 1. The third-order valence-corrected chi connectivity index (χ3v) is 2.42. The fraction of sp³-hybridized carbons (Fsp3) is 0.455. The van der Waals surface area contributed by atoms with Crippen molar-refractivity contribution in [2.75, 3.05) is 30.3 Å². The van der Waals surface area contributed by atoms with Crippen LogP contribution in [0.5, 0.6) is 0 Å². The maximum absolute atomic E-state index is 12.4. The summed E-state index contributed by atoms with van der Waals surface area (Å²) in [6, 6.07) is 2.48.